The molecular formula is C26H34Cl2N4O3. The van der Waals surface area contributed by atoms with E-state index in [1.54, 1.807) is 4.68 Å². The van der Waals surface area contributed by atoms with Crippen LogP contribution in [0.3, 0.4) is 0 Å². The second-order valence-corrected chi connectivity index (χ2v) is 8.62. The van der Waals surface area contributed by atoms with E-state index in [0.717, 1.165) is 35.7 Å². The molecule has 0 saturated heterocycles. The molecule has 190 valence electrons. The van der Waals surface area contributed by atoms with Crippen molar-refractivity contribution in [3.05, 3.63) is 76.4 Å². The van der Waals surface area contributed by atoms with Gasteiger partial charge in [-0.1, -0.05) is 55.8 Å². The van der Waals surface area contributed by atoms with Gasteiger partial charge in [0.2, 0.25) is 0 Å². The van der Waals surface area contributed by atoms with Crippen molar-refractivity contribution in [2.75, 3.05) is 25.0 Å². The van der Waals surface area contributed by atoms with Crippen molar-refractivity contribution in [1.29, 1.82) is 0 Å². The predicted octanol–water partition coefficient (Wildman–Crippen LogP) is 6.17. The lowest BCUT2D eigenvalue weighted by molar-refractivity contribution is 0.0928. The molecule has 0 fully saturated rings. The highest BCUT2D eigenvalue weighted by molar-refractivity contribution is 6.30. The Morgan fingerprint density at radius 3 is 2.54 bits per heavy atom. The number of carbonyl (C=O) groups is 1. The van der Waals surface area contributed by atoms with Gasteiger partial charge in [-0.25, -0.2) is 4.79 Å². The van der Waals surface area contributed by atoms with Crippen LogP contribution in [0.2, 0.25) is 5.02 Å². The Labute approximate surface area is 218 Å². The van der Waals surface area contributed by atoms with Gasteiger partial charge in [0, 0.05) is 28.9 Å². The number of amides is 1. The van der Waals surface area contributed by atoms with Gasteiger partial charge in [0.1, 0.15) is 18.5 Å². The van der Waals surface area contributed by atoms with E-state index in [4.69, 9.17) is 21.1 Å². The zero-order chi connectivity index (χ0) is 24.5. The molecule has 3 aromatic rings. The Hall–Kier alpha value is -2.74. The molecule has 0 bridgehead atoms. The van der Waals surface area contributed by atoms with Crippen LogP contribution in [0, 0.1) is 6.92 Å². The van der Waals surface area contributed by atoms with Crippen LogP contribution < -0.4 is 10.1 Å². The first-order chi connectivity index (χ1) is 16.4. The fourth-order valence-electron chi connectivity index (χ4n) is 3.64. The molecule has 0 aliphatic rings. The zero-order valence-electron chi connectivity index (χ0n) is 20.7. The molecule has 2 aromatic carbocycles. The minimum Gasteiger partial charge on any atom is -0.489 e. The van der Waals surface area contributed by atoms with Crippen molar-refractivity contribution in [3.8, 4) is 5.75 Å². The van der Waals surface area contributed by atoms with Gasteiger partial charge in [-0.2, -0.15) is 5.10 Å². The standard InChI is InChI=1S/C26H33ClN4O3.ClH/c1-5-30(6-2)16-20(4)34-26(32)28-25-14-19(3)31(29-25)17-22-15-23(27)12-13-24(22)33-18-21-10-8-7-9-11-21;/h7-15,20H,5-6,16-18H2,1-4H3,(H,28,29,32);1H. The molecule has 35 heavy (non-hydrogen) atoms. The Morgan fingerprint density at radius 2 is 1.86 bits per heavy atom. The summed E-state index contributed by atoms with van der Waals surface area (Å²) in [6.07, 6.45) is -0.738. The molecule has 9 heteroatoms. The Morgan fingerprint density at radius 1 is 1.14 bits per heavy atom. The highest BCUT2D eigenvalue weighted by Crippen LogP contribution is 2.25. The molecule has 1 amide bonds. The summed E-state index contributed by atoms with van der Waals surface area (Å²) < 4.78 is 13.3. The quantitative estimate of drug-likeness (QED) is 0.327. The largest absolute Gasteiger partial charge is 0.489 e. The lowest BCUT2D eigenvalue weighted by Gasteiger charge is -2.22. The van der Waals surface area contributed by atoms with Gasteiger partial charge in [0.05, 0.1) is 6.54 Å². The number of benzene rings is 2. The van der Waals surface area contributed by atoms with Gasteiger partial charge in [0.25, 0.3) is 0 Å². The van der Waals surface area contributed by atoms with Crippen LogP contribution in [0.4, 0.5) is 10.6 Å². The fourth-order valence-corrected chi connectivity index (χ4v) is 3.83. The van der Waals surface area contributed by atoms with Crippen LogP contribution in [0.1, 0.15) is 37.6 Å². The molecule has 0 radical (unpaired) electrons. The van der Waals surface area contributed by atoms with E-state index in [1.165, 1.54) is 0 Å². The van der Waals surface area contributed by atoms with Crippen molar-refractivity contribution < 1.29 is 14.3 Å². The van der Waals surface area contributed by atoms with Crippen LogP contribution in [0.15, 0.2) is 54.6 Å². The second-order valence-electron chi connectivity index (χ2n) is 8.18. The van der Waals surface area contributed by atoms with Gasteiger partial charge < -0.3 is 14.4 Å². The van der Waals surface area contributed by atoms with E-state index in [2.05, 4.69) is 29.2 Å². The maximum absolute atomic E-state index is 12.3. The third kappa shape index (κ3) is 8.76. The SMILES string of the molecule is CCN(CC)CC(C)OC(=O)Nc1cc(C)n(Cc2cc(Cl)ccc2OCc2ccccc2)n1.Cl. The predicted molar refractivity (Wildman–Crippen MR) is 143 cm³/mol. The van der Waals surface area contributed by atoms with Crippen LogP contribution in [0.5, 0.6) is 5.75 Å². The van der Waals surface area contributed by atoms with Crippen LogP contribution in [-0.2, 0) is 17.9 Å². The summed E-state index contributed by atoms with van der Waals surface area (Å²) in [5, 5.41) is 7.88. The number of halogens is 2. The first-order valence-corrected chi connectivity index (χ1v) is 11.9. The third-order valence-electron chi connectivity index (χ3n) is 5.51. The lowest BCUT2D eigenvalue weighted by atomic mass is 10.2. The average Bonchev–Trinajstić information content (AvgIpc) is 3.15. The fraction of sp³-hybridized carbons (Fsp3) is 0.385. The van der Waals surface area contributed by atoms with Gasteiger partial charge in [-0.3, -0.25) is 10.00 Å². The number of hydrogen-bond donors (Lipinski definition) is 1. The van der Waals surface area contributed by atoms with Crippen LogP contribution in [0.25, 0.3) is 0 Å². The summed E-state index contributed by atoms with van der Waals surface area (Å²) in [4.78, 5) is 14.5. The minimum absolute atomic E-state index is 0. The first-order valence-electron chi connectivity index (χ1n) is 11.6. The highest BCUT2D eigenvalue weighted by Gasteiger charge is 2.15. The summed E-state index contributed by atoms with van der Waals surface area (Å²) in [6.45, 7) is 11.4. The van der Waals surface area contributed by atoms with E-state index >= 15 is 0 Å². The molecule has 1 atom stereocenters. The van der Waals surface area contributed by atoms with E-state index in [9.17, 15) is 4.79 Å². The van der Waals surface area contributed by atoms with Gasteiger partial charge in [0.15, 0.2) is 5.82 Å². The molecule has 7 nitrogen and oxygen atoms in total. The zero-order valence-corrected chi connectivity index (χ0v) is 22.2. The molecular weight excluding hydrogens is 487 g/mol. The number of likely N-dealkylation sites (N-methyl/N-ethyl adjacent to an activating group) is 1. The van der Waals surface area contributed by atoms with E-state index < -0.39 is 6.09 Å². The second kappa shape index (κ2) is 14.0. The Bertz CT molecular complexity index is 1070. The maximum Gasteiger partial charge on any atom is 0.413 e. The van der Waals surface area contributed by atoms with E-state index in [0.29, 0.717) is 30.5 Å². The number of anilines is 1. The lowest BCUT2D eigenvalue weighted by Crippen LogP contribution is -2.34. The number of nitrogens with one attached hydrogen (secondary N) is 1. The summed E-state index contributed by atoms with van der Waals surface area (Å²) in [5.74, 6) is 1.17. The van der Waals surface area contributed by atoms with Gasteiger partial charge >= 0.3 is 6.09 Å². The highest BCUT2D eigenvalue weighted by atomic mass is 35.5. The Kier molecular flexibility index (Phi) is 11.4. The average molecular weight is 521 g/mol. The van der Waals surface area contributed by atoms with Gasteiger partial charge in [-0.15, -0.1) is 12.4 Å². The molecule has 1 unspecified atom stereocenters. The maximum atomic E-state index is 12.3. The van der Waals surface area contributed by atoms with Crippen LogP contribution in [-0.4, -0.2) is 46.5 Å². The van der Waals surface area contributed by atoms with E-state index in [-0.39, 0.29) is 18.5 Å². The molecule has 0 spiro atoms. The number of aryl methyl sites for hydroxylation is 1. The summed E-state index contributed by atoms with van der Waals surface area (Å²) in [6, 6.07) is 17.4. The molecule has 1 aromatic heterocycles. The monoisotopic (exact) mass is 520 g/mol. The molecule has 0 aliphatic carbocycles. The number of carbonyl (C=O) groups excluding carboxylic acids is 1. The topological polar surface area (TPSA) is 68.6 Å². The number of rotatable bonds is 11. The molecule has 0 aliphatic heterocycles. The van der Waals surface area contributed by atoms with Crippen molar-refractivity contribution in [2.45, 2.75) is 47.0 Å². The number of aromatic nitrogens is 2. The first kappa shape index (κ1) is 28.5. The number of ether oxygens (including phenoxy) is 2. The van der Waals surface area contributed by atoms with E-state index in [1.807, 2.05) is 68.4 Å². The van der Waals surface area contributed by atoms with Crippen molar-refractivity contribution in [3.63, 3.8) is 0 Å². The summed E-state index contributed by atoms with van der Waals surface area (Å²) in [7, 11) is 0. The smallest absolute Gasteiger partial charge is 0.413 e. The molecule has 1 N–H and O–H groups in total. The summed E-state index contributed by atoms with van der Waals surface area (Å²) >= 11 is 6.26. The molecule has 3 rings (SSSR count). The third-order valence-corrected chi connectivity index (χ3v) is 5.74. The van der Waals surface area contributed by atoms with Gasteiger partial charge in [-0.05, 0) is 50.7 Å². The van der Waals surface area contributed by atoms with Crippen molar-refractivity contribution in [1.82, 2.24) is 14.7 Å². The number of nitrogens with zero attached hydrogens (tertiary/aromatic N) is 3. The van der Waals surface area contributed by atoms with Crippen molar-refractivity contribution >= 4 is 35.9 Å². The normalized spacial score (nSPS) is 11.6. The minimum atomic E-state index is -0.515. The molecule has 1 heterocycles. The molecule has 0 saturated carbocycles. The summed E-state index contributed by atoms with van der Waals surface area (Å²) in [5.41, 5.74) is 2.87. The Balaban J connectivity index is 0.00000432. The van der Waals surface area contributed by atoms with Crippen LogP contribution >= 0.6 is 24.0 Å². The number of hydrogen-bond acceptors (Lipinski definition) is 5. The van der Waals surface area contributed by atoms with Crippen molar-refractivity contribution in [2.24, 2.45) is 0 Å².